The third kappa shape index (κ3) is 2.91. The van der Waals surface area contributed by atoms with Crippen molar-refractivity contribution in [1.29, 1.82) is 0 Å². The smallest absolute Gasteiger partial charge is 0.341 e. The maximum absolute atomic E-state index is 11.5. The molecule has 0 saturated carbocycles. The van der Waals surface area contributed by atoms with Crippen LogP contribution in [0.1, 0.15) is 35.9 Å². The summed E-state index contributed by atoms with van der Waals surface area (Å²) in [6.07, 6.45) is 2.98. The van der Waals surface area contributed by atoms with E-state index in [2.05, 4.69) is 4.90 Å². The van der Waals surface area contributed by atoms with E-state index in [1.54, 1.807) is 6.07 Å². The van der Waals surface area contributed by atoms with Crippen molar-refractivity contribution in [3.8, 4) is 0 Å². The molecule has 2 heterocycles. The van der Waals surface area contributed by atoms with E-state index < -0.39 is 5.60 Å². The Kier molecular flexibility index (Phi) is 3.73. The van der Waals surface area contributed by atoms with Gasteiger partial charge in [-0.3, -0.25) is 4.90 Å². The van der Waals surface area contributed by atoms with Crippen LogP contribution in [0.2, 0.25) is 0 Å². The Balaban J connectivity index is 1.98. The zero-order chi connectivity index (χ0) is 13.2. The van der Waals surface area contributed by atoms with Crippen molar-refractivity contribution >= 4 is 5.97 Å². The zero-order valence-electron chi connectivity index (χ0n) is 10.8. The van der Waals surface area contributed by atoms with Crippen LogP contribution in [0.5, 0.6) is 0 Å². The van der Waals surface area contributed by atoms with E-state index in [0.717, 1.165) is 25.9 Å². The van der Waals surface area contributed by atoms with Gasteiger partial charge < -0.3 is 14.3 Å². The van der Waals surface area contributed by atoms with E-state index in [9.17, 15) is 9.90 Å². The van der Waals surface area contributed by atoms with Gasteiger partial charge in [0, 0.05) is 13.1 Å². The lowest BCUT2D eigenvalue weighted by molar-refractivity contribution is -0.00887. The molecular formula is C13H19NO4. The van der Waals surface area contributed by atoms with E-state index in [0.29, 0.717) is 17.9 Å². The first-order valence-electron chi connectivity index (χ1n) is 6.11. The summed E-state index contributed by atoms with van der Waals surface area (Å²) in [5.74, 6) is 0.256. The summed E-state index contributed by atoms with van der Waals surface area (Å²) < 4.78 is 10.0. The Bertz CT molecular complexity index is 414. The topological polar surface area (TPSA) is 62.9 Å². The Labute approximate surface area is 106 Å². The van der Waals surface area contributed by atoms with Gasteiger partial charge in [-0.1, -0.05) is 0 Å². The minimum absolute atomic E-state index is 0.372. The molecule has 1 aliphatic rings. The number of esters is 1. The fourth-order valence-electron chi connectivity index (χ4n) is 2.15. The van der Waals surface area contributed by atoms with Gasteiger partial charge in [0.2, 0.25) is 0 Å². The quantitative estimate of drug-likeness (QED) is 0.825. The summed E-state index contributed by atoms with van der Waals surface area (Å²) in [6, 6.07) is 1.63. The number of ether oxygens (including phenoxy) is 1. The molecule has 1 fully saturated rings. The molecule has 0 aliphatic carbocycles. The highest BCUT2D eigenvalue weighted by Crippen LogP contribution is 2.23. The standard InChI is InChI=1S/C13H19NO4/c1-13(16)4-6-14(7-5-13)9-11-10(3-8-18-11)12(15)17-2/h3,8,16H,4-7,9H2,1-2H3. The number of likely N-dealkylation sites (tertiary alicyclic amines) is 1. The van der Waals surface area contributed by atoms with Gasteiger partial charge in [-0.2, -0.15) is 0 Å². The van der Waals surface area contributed by atoms with Gasteiger partial charge in [-0.15, -0.1) is 0 Å². The highest BCUT2D eigenvalue weighted by atomic mass is 16.5. The highest BCUT2D eigenvalue weighted by molar-refractivity contribution is 5.90. The lowest BCUT2D eigenvalue weighted by atomic mass is 9.94. The molecule has 0 spiro atoms. The van der Waals surface area contributed by atoms with Crippen LogP contribution in [0, 0.1) is 0 Å². The molecule has 0 bridgehead atoms. The van der Waals surface area contributed by atoms with Crippen LogP contribution in [0.25, 0.3) is 0 Å². The predicted octanol–water partition coefficient (Wildman–Crippen LogP) is 1.41. The Hall–Kier alpha value is -1.33. The van der Waals surface area contributed by atoms with Gasteiger partial charge in [0.25, 0.3) is 0 Å². The van der Waals surface area contributed by atoms with Gasteiger partial charge in [-0.25, -0.2) is 4.79 Å². The molecule has 18 heavy (non-hydrogen) atoms. The monoisotopic (exact) mass is 253 g/mol. The lowest BCUT2D eigenvalue weighted by Crippen LogP contribution is -2.42. The van der Waals surface area contributed by atoms with Crippen LogP contribution in [0.15, 0.2) is 16.7 Å². The van der Waals surface area contributed by atoms with Crippen molar-refractivity contribution in [1.82, 2.24) is 4.90 Å². The molecule has 0 aromatic carbocycles. The maximum atomic E-state index is 11.5. The molecule has 5 nitrogen and oxygen atoms in total. The summed E-state index contributed by atoms with van der Waals surface area (Å²) in [5, 5.41) is 9.87. The molecule has 2 rings (SSSR count). The molecule has 1 saturated heterocycles. The van der Waals surface area contributed by atoms with Crippen molar-refractivity contribution in [2.45, 2.75) is 31.9 Å². The van der Waals surface area contributed by atoms with Gasteiger partial charge in [0.1, 0.15) is 11.3 Å². The molecule has 0 amide bonds. The average Bonchev–Trinajstić information content (AvgIpc) is 2.79. The zero-order valence-corrected chi connectivity index (χ0v) is 10.8. The second-order valence-electron chi connectivity index (χ2n) is 5.02. The SMILES string of the molecule is COC(=O)c1ccoc1CN1CCC(C)(O)CC1. The Morgan fingerprint density at radius 3 is 2.83 bits per heavy atom. The predicted molar refractivity (Wildman–Crippen MR) is 65.2 cm³/mol. The molecular weight excluding hydrogens is 234 g/mol. The first kappa shape index (κ1) is 13.1. The molecule has 1 aromatic rings. The first-order valence-corrected chi connectivity index (χ1v) is 6.11. The van der Waals surface area contributed by atoms with E-state index in [1.807, 2.05) is 6.92 Å². The molecule has 0 atom stereocenters. The van der Waals surface area contributed by atoms with Gasteiger partial charge >= 0.3 is 5.97 Å². The number of carbonyl (C=O) groups is 1. The highest BCUT2D eigenvalue weighted by Gasteiger charge is 2.28. The minimum atomic E-state index is -0.565. The summed E-state index contributed by atoms with van der Waals surface area (Å²) in [5.41, 5.74) is -0.0833. The summed E-state index contributed by atoms with van der Waals surface area (Å²) in [7, 11) is 1.36. The number of nitrogens with zero attached hydrogens (tertiary/aromatic N) is 1. The van der Waals surface area contributed by atoms with E-state index in [-0.39, 0.29) is 5.97 Å². The van der Waals surface area contributed by atoms with Crippen LogP contribution >= 0.6 is 0 Å². The van der Waals surface area contributed by atoms with Crippen molar-refractivity contribution in [3.63, 3.8) is 0 Å². The van der Waals surface area contributed by atoms with E-state index >= 15 is 0 Å². The summed E-state index contributed by atoms with van der Waals surface area (Å²) >= 11 is 0. The van der Waals surface area contributed by atoms with E-state index in [4.69, 9.17) is 9.15 Å². The van der Waals surface area contributed by atoms with Crippen molar-refractivity contribution < 1.29 is 19.1 Å². The number of methoxy groups -OCH3 is 1. The van der Waals surface area contributed by atoms with E-state index in [1.165, 1.54) is 13.4 Å². The number of piperidine rings is 1. The fourth-order valence-corrected chi connectivity index (χ4v) is 2.15. The fraction of sp³-hybridized carbons (Fsp3) is 0.615. The third-order valence-electron chi connectivity index (χ3n) is 3.45. The minimum Gasteiger partial charge on any atom is -0.467 e. The normalized spacial score (nSPS) is 19.7. The molecule has 0 radical (unpaired) electrons. The number of rotatable bonds is 3. The average molecular weight is 253 g/mol. The molecule has 1 aromatic heterocycles. The van der Waals surface area contributed by atoms with Gasteiger partial charge in [-0.05, 0) is 25.8 Å². The van der Waals surface area contributed by atoms with Gasteiger partial charge in [0.15, 0.2) is 0 Å². The number of furan rings is 1. The van der Waals surface area contributed by atoms with Crippen LogP contribution < -0.4 is 0 Å². The molecule has 1 aliphatic heterocycles. The van der Waals surface area contributed by atoms with Crippen LogP contribution in [-0.2, 0) is 11.3 Å². The summed E-state index contributed by atoms with van der Waals surface area (Å²) in [6.45, 7) is 4.03. The second-order valence-corrected chi connectivity index (χ2v) is 5.02. The van der Waals surface area contributed by atoms with Crippen molar-refractivity contribution in [2.75, 3.05) is 20.2 Å². The third-order valence-corrected chi connectivity index (χ3v) is 3.45. The van der Waals surface area contributed by atoms with Crippen LogP contribution in [0.4, 0.5) is 0 Å². The largest absolute Gasteiger partial charge is 0.467 e. The number of aliphatic hydroxyl groups is 1. The number of hydrogen-bond donors (Lipinski definition) is 1. The maximum Gasteiger partial charge on any atom is 0.341 e. The second kappa shape index (κ2) is 5.12. The molecule has 0 unspecified atom stereocenters. The van der Waals surface area contributed by atoms with Crippen molar-refractivity contribution in [2.24, 2.45) is 0 Å². The molecule has 1 N–H and O–H groups in total. The number of hydrogen-bond acceptors (Lipinski definition) is 5. The van der Waals surface area contributed by atoms with Crippen LogP contribution in [-0.4, -0.2) is 41.8 Å². The molecule has 100 valence electrons. The lowest BCUT2D eigenvalue weighted by Gasteiger charge is -2.35. The number of carbonyl (C=O) groups excluding carboxylic acids is 1. The molecule has 5 heteroatoms. The Morgan fingerprint density at radius 1 is 1.56 bits per heavy atom. The van der Waals surface area contributed by atoms with Crippen LogP contribution in [0.3, 0.4) is 0 Å². The first-order chi connectivity index (χ1) is 8.52. The Morgan fingerprint density at radius 2 is 2.22 bits per heavy atom. The van der Waals surface area contributed by atoms with Crippen molar-refractivity contribution in [3.05, 3.63) is 23.7 Å². The van der Waals surface area contributed by atoms with Gasteiger partial charge in [0.05, 0.1) is 25.5 Å². The summed E-state index contributed by atoms with van der Waals surface area (Å²) in [4.78, 5) is 13.7.